The summed E-state index contributed by atoms with van der Waals surface area (Å²) < 4.78 is 5.77. The van der Waals surface area contributed by atoms with Crippen molar-refractivity contribution in [3.05, 3.63) is 53.1 Å². The van der Waals surface area contributed by atoms with Gasteiger partial charge < -0.3 is 15.4 Å². The van der Waals surface area contributed by atoms with Crippen LogP contribution in [0.4, 0.5) is 11.4 Å². The summed E-state index contributed by atoms with van der Waals surface area (Å²) in [5, 5.41) is 8.40. The zero-order chi connectivity index (χ0) is 14.8. The highest BCUT2D eigenvalue weighted by Crippen LogP contribution is 2.38. The monoisotopic (exact) mass is 301 g/mol. The zero-order valence-electron chi connectivity index (χ0n) is 11.5. The van der Waals surface area contributed by atoms with E-state index in [1.54, 1.807) is 12.1 Å². The molecule has 0 radical (unpaired) electrons. The van der Waals surface area contributed by atoms with Gasteiger partial charge in [-0.15, -0.1) is 0 Å². The van der Waals surface area contributed by atoms with Gasteiger partial charge in [0.1, 0.15) is 11.6 Å². The summed E-state index contributed by atoms with van der Waals surface area (Å²) in [6.45, 7) is 1.46. The van der Waals surface area contributed by atoms with Crippen LogP contribution in [0.15, 0.2) is 42.5 Å². The first-order valence-corrected chi connectivity index (χ1v) is 7.18. The van der Waals surface area contributed by atoms with Crippen molar-refractivity contribution in [1.82, 2.24) is 0 Å². The van der Waals surface area contributed by atoms with E-state index in [1.165, 1.54) is 0 Å². The molecular formula is C16H16ClN3O. The number of amidine groups is 1. The average molecular weight is 302 g/mol. The minimum absolute atomic E-state index is 0.0318. The predicted molar refractivity (Wildman–Crippen MR) is 86.0 cm³/mol. The van der Waals surface area contributed by atoms with Gasteiger partial charge in [0, 0.05) is 17.1 Å². The third kappa shape index (κ3) is 2.67. The van der Waals surface area contributed by atoms with Gasteiger partial charge in [0.25, 0.3) is 0 Å². The first-order chi connectivity index (χ1) is 10.2. The molecular weight excluding hydrogens is 286 g/mol. The Balaban J connectivity index is 2.16. The van der Waals surface area contributed by atoms with Gasteiger partial charge in [0.2, 0.25) is 0 Å². The van der Waals surface area contributed by atoms with Crippen LogP contribution < -0.4 is 15.4 Å². The number of halogens is 1. The largest absolute Gasteiger partial charge is 0.491 e. The Morgan fingerprint density at radius 3 is 2.81 bits per heavy atom. The molecule has 0 saturated carbocycles. The van der Waals surface area contributed by atoms with Gasteiger partial charge in [0.05, 0.1) is 18.0 Å². The van der Waals surface area contributed by atoms with Crippen LogP contribution in [0.25, 0.3) is 0 Å². The molecule has 0 unspecified atom stereocenters. The maximum Gasteiger partial charge on any atom is 0.142 e. The van der Waals surface area contributed by atoms with Crippen molar-refractivity contribution in [1.29, 1.82) is 5.41 Å². The summed E-state index contributed by atoms with van der Waals surface area (Å²) in [6.07, 6.45) is 0.887. The third-order valence-electron chi connectivity index (χ3n) is 3.48. The van der Waals surface area contributed by atoms with Gasteiger partial charge in [0.15, 0.2) is 0 Å². The Kier molecular flexibility index (Phi) is 3.71. The number of nitrogen functional groups attached to an aromatic ring is 1. The van der Waals surface area contributed by atoms with Crippen molar-refractivity contribution in [2.24, 2.45) is 5.73 Å². The van der Waals surface area contributed by atoms with Gasteiger partial charge in [-0.05, 0) is 36.8 Å². The molecule has 1 heterocycles. The molecule has 0 saturated heterocycles. The molecule has 2 aromatic carbocycles. The zero-order valence-corrected chi connectivity index (χ0v) is 12.2. The topological polar surface area (TPSA) is 62.3 Å². The van der Waals surface area contributed by atoms with Gasteiger partial charge in [-0.25, -0.2) is 0 Å². The maximum atomic E-state index is 7.78. The highest BCUT2D eigenvalue weighted by molar-refractivity contribution is 6.31. The first-order valence-electron chi connectivity index (χ1n) is 6.80. The summed E-state index contributed by atoms with van der Waals surface area (Å²) in [5.41, 5.74) is 8.20. The Morgan fingerprint density at radius 1 is 1.19 bits per heavy atom. The molecule has 108 valence electrons. The molecule has 5 heteroatoms. The molecule has 0 aromatic heterocycles. The van der Waals surface area contributed by atoms with Gasteiger partial charge in [-0.1, -0.05) is 23.7 Å². The molecule has 0 spiro atoms. The van der Waals surface area contributed by atoms with Crippen molar-refractivity contribution in [3.8, 4) is 5.75 Å². The number of ether oxygens (including phenoxy) is 1. The quantitative estimate of drug-likeness (QED) is 0.659. The molecule has 0 atom stereocenters. The SMILES string of the molecule is N=C(N)c1ccc(Cl)cc1N1CCCOc2ccccc21. The number of anilines is 2. The van der Waals surface area contributed by atoms with E-state index in [-0.39, 0.29) is 5.84 Å². The Bertz CT molecular complexity index is 687. The number of benzene rings is 2. The van der Waals surface area contributed by atoms with E-state index in [1.807, 2.05) is 30.3 Å². The number of hydrogen-bond donors (Lipinski definition) is 2. The number of rotatable bonds is 2. The van der Waals surface area contributed by atoms with Gasteiger partial charge in [-0.3, -0.25) is 5.41 Å². The van der Waals surface area contributed by atoms with Crippen LogP contribution in [0.2, 0.25) is 5.02 Å². The maximum absolute atomic E-state index is 7.78. The molecule has 1 aliphatic heterocycles. The smallest absolute Gasteiger partial charge is 0.142 e. The van der Waals surface area contributed by atoms with Gasteiger partial charge >= 0.3 is 0 Å². The second-order valence-electron chi connectivity index (χ2n) is 4.90. The lowest BCUT2D eigenvalue weighted by molar-refractivity contribution is 0.322. The number of hydrogen-bond acceptors (Lipinski definition) is 3. The molecule has 0 aliphatic carbocycles. The van der Waals surface area contributed by atoms with E-state index >= 15 is 0 Å². The fraction of sp³-hybridized carbons (Fsp3) is 0.188. The lowest BCUT2D eigenvalue weighted by atomic mass is 10.1. The Hall–Kier alpha value is -2.20. The van der Waals surface area contributed by atoms with Crippen LogP contribution >= 0.6 is 11.6 Å². The Labute approximate surface area is 128 Å². The molecule has 21 heavy (non-hydrogen) atoms. The molecule has 2 aromatic rings. The summed E-state index contributed by atoms with van der Waals surface area (Å²) >= 11 is 6.14. The second kappa shape index (κ2) is 5.66. The van der Waals surface area contributed by atoms with Crippen molar-refractivity contribution >= 4 is 28.8 Å². The fourth-order valence-corrected chi connectivity index (χ4v) is 2.70. The van der Waals surface area contributed by atoms with E-state index in [9.17, 15) is 0 Å². The summed E-state index contributed by atoms with van der Waals surface area (Å²) in [6, 6.07) is 13.3. The van der Waals surface area contributed by atoms with E-state index in [0.717, 1.165) is 30.1 Å². The number of nitrogens with one attached hydrogen (secondary N) is 1. The Morgan fingerprint density at radius 2 is 2.00 bits per heavy atom. The van der Waals surface area contributed by atoms with Crippen LogP contribution in [0.1, 0.15) is 12.0 Å². The van der Waals surface area contributed by atoms with Crippen LogP contribution in [0.3, 0.4) is 0 Å². The number of fused-ring (bicyclic) bond motifs is 1. The number of para-hydroxylation sites is 2. The number of nitrogens with two attached hydrogens (primary N) is 1. The summed E-state index contributed by atoms with van der Waals surface area (Å²) in [7, 11) is 0. The van der Waals surface area contributed by atoms with E-state index in [2.05, 4.69) is 4.90 Å². The van der Waals surface area contributed by atoms with E-state index < -0.39 is 0 Å². The third-order valence-corrected chi connectivity index (χ3v) is 3.72. The standard InChI is InChI=1S/C16H16ClN3O/c17-11-6-7-12(16(18)19)14(10-11)20-8-3-9-21-15-5-2-1-4-13(15)20/h1-2,4-7,10H,3,8-9H2,(H3,18,19). The minimum Gasteiger partial charge on any atom is -0.491 e. The van der Waals surface area contributed by atoms with E-state index in [4.69, 9.17) is 27.5 Å². The van der Waals surface area contributed by atoms with Crippen LogP contribution in [-0.2, 0) is 0 Å². The molecule has 3 rings (SSSR count). The summed E-state index contributed by atoms with van der Waals surface area (Å²) in [5.74, 6) is 0.869. The first kappa shape index (κ1) is 13.8. The van der Waals surface area contributed by atoms with Crippen molar-refractivity contribution < 1.29 is 4.74 Å². The van der Waals surface area contributed by atoms with Crippen LogP contribution in [-0.4, -0.2) is 19.0 Å². The molecule has 0 bridgehead atoms. The van der Waals surface area contributed by atoms with Crippen LogP contribution in [0.5, 0.6) is 5.75 Å². The van der Waals surface area contributed by atoms with Crippen molar-refractivity contribution in [3.63, 3.8) is 0 Å². The fourth-order valence-electron chi connectivity index (χ4n) is 2.53. The predicted octanol–water partition coefficient (Wildman–Crippen LogP) is 3.54. The highest BCUT2D eigenvalue weighted by atomic mass is 35.5. The minimum atomic E-state index is 0.0318. The normalized spacial score (nSPS) is 14.0. The highest BCUT2D eigenvalue weighted by Gasteiger charge is 2.20. The number of nitrogens with zero attached hydrogens (tertiary/aromatic N) is 1. The molecule has 4 nitrogen and oxygen atoms in total. The molecule has 1 aliphatic rings. The molecule has 0 amide bonds. The van der Waals surface area contributed by atoms with Crippen LogP contribution in [0, 0.1) is 5.41 Å². The lowest BCUT2D eigenvalue weighted by Crippen LogP contribution is -2.22. The van der Waals surface area contributed by atoms with Gasteiger partial charge in [-0.2, -0.15) is 0 Å². The summed E-state index contributed by atoms with van der Waals surface area (Å²) in [4.78, 5) is 2.12. The molecule has 3 N–H and O–H groups in total. The van der Waals surface area contributed by atoms with E-state index in [0.29, 0.717) is 17.2 Å². The lowest BCUT2D eigenvalue weighted by Gasteiger charge is -2.26. The second-order valence-corrected chi connectivity index (χ2v) is 5.33. The van der Waals surface area contributed by atoms with Crippen molar-refractivity contribution in [2.45, 2.75) is 6.42 Å². The molecule has 0 fully saturated rings. The van der Waals surface area contributed by atoms with Crippen molar-refractivity contribution in [2.75, 3.05) is 18.1 Å². The average Bonchev–Trinajstić information content (AvgIpc) is 2.69.